The molecule has 0 radical (unpaired) electrons. The highest BCUT2D eigenvalue weighted by Crippen LogP contribution is 2.14. The maximum absolute atomic E-state index is 5.50. The van der Waals surface area contributed by atoms with Crippen molar-refractivity contribution in [1.29, 1.82) is 0 Å². The van der Waals surface area contributed by atoms with Crippen LogP contribution in [-0.4, -0.2) is 30.3 Å². The van der Waals surface area contributed by atoms with Crippen molar-refractivity contribution < 1.29 is 4.74 Å². The number of guanidine groups is 1. The highest BCUT2D eigenvalue weighted by atomic mass is 16.5. The van der Waals surface area contributed by atoms with E-state index in [4.69, 9.17) is 10.5 Å². The first kappa shape index (κ1) is 9.75. The van der Waals surface area contributed by atoms with Crippen LogP contribution in [0.15, 0.2) is 25.4 Å². The van der Waals surface area contributed by atoms with Gasteiger partial charge in [0, 0.05) is 0 Å². The molecule has 1 unspecified atom stereocenters. The molecule has 0 saturated heterocycles. The predicted molar refractivity (Wildman–Crippen MR) is 56.0 cm³/mol. The Kier molecular flexibility index (Phi) is 2.70. The second-order valence-corrected chi connectivity index (χ2v) is 3.19. The zero-order valence-electron chi connectivity index (χ0n) is 8.42. The van der Waals surface area contributed by atoms with Crippen molar-refractivity contribution in [3.63, 3.8) is 0 Å². The average Bonchev–Trinajstić information content (AvgIpc) is 2.65. The lowest BCUT2D eigenvalue weighted by Gasteiger charge is -2.14. The van der Waals surface area contributed by atoms with Crippen molar-refractivity contribution in [3.05, 3.63) is 0 Å². The molecule has 0 bridgehead atoms. The van der Waals surface area contributed by atoms with E-state index in [1.165, 1.54) is 0 Å². The third kappa shape index (κ3) is 2.00. The number of fused-ring (bicyclic) bond motifs is 1. The first-order valence-electron chi connectivity index (χ1n) is 4.84. The largest absolute Gasteiger partial charge is 0.479 e. The fourth-order valence-corrected chi connectivity index (χ4v) is 1.22. The van der Waals surface area contributed by atoms with Crippen molar-refractivity contribution in [2.75, 3.05) is 6.61 Å². The first-order chi connectivity index (χ1) is 7.31. The predicted octanol–water partition coefficient (Wildman–Crippen LogP) is 0.678. The molecule has 2 N–H and O–H groups in total. The van der Waals surface area contributed by atoms with E-state index >= 15 is 0 Å². The summed E-state index contributed by atoms with van der Waals surface area (Å²) in [5, 5.41) is 11.1. The van der Waals surface area contributed by atoms with Gasteiger partial charge in [-0.3, -0.25) is 0 Å². The van der Waals surface area contributed by atoms with Crippen LogP contribution < -0.4 is 5.73 Å². The van der Waals surface area contributed by atoms with Crippen LogP contribution in [0.2, 0.25) is 0 Å². The SMILES string of the molecule is CCCCOC1=NC(N)=NC2=NN=NC21. The molecule has 0 aliphatic carbocycles. The van der Waals surface area contributed by atoms with Crippen molar-refractivity contribution in [2.24, 2.45) is 31.2 Å². The van der Waals surface area contributed by atoms with E-state index < -0.39 is 6.04 Å². The van der Waals surface area contributed by atoms with Crippen LogP contribution >= 0.6 is 0 Å². The second kappa shape index (κ2) is 4.16. The Morgan fingerprint density at radius 2 is 2.27 bits per heavy atom. The van der Waals surface area contributed by atoms with Crippen molar-refractivity contribution >= 4 is 17.7 Å². The van der Waals surface area contributed by atoms with Gasteiger partial charge in [0.1, 0.15) is 0 Å². The fourth-order valence-electron chi connectivity index (χ4n) is 1.22. The highest BCUT2D eigenvalue weighted by molar-refractivity contribution is 6.17. The monoisotopic (exact) mass is 208 g/mol. The van der Waals surface area contributed by atoms with E-state index in [9.17, 15) is 0 Å². The van der Waals surface area contributed by atoms with Gasteiger partial charge in [-0.2, -0.15) is 9.98 Å². The molecule has 2 aliphatic heterocycles. The number of rotatable bonds is 3. The molecular formula is C8H12N6O. The standard InChI is InChI=1S/C8H12N6O/c1-2-3-4-15-7-5-6(13-14-12-5)10-8(9)11-7/h5H,2-4H2,1H3,(H2,9,10,12,13). The number of amidine groups is 1. The molecule has 15 heavy (non-hydrogen) atoms. The topological polar surface area (TPSA) is 97.0 Å². The van der Waals surface area contributed by atoms with Crippen LogP contribution in [0.4, 0.5) is 0 Å². The minimum atomic E-state index is -0.394. The molecule has 2 aliphatic rings. The number of ether oxygens (including phenoxy) is 1. The summed E-state index contributed by atoms with van der Waals surface area (Å²) in [6.07, 6.45) is 2.02. The lowest BCUT2D eigenvalue weighted by atomic mass is 10.2. The van der Waals surface area contributed by atoms with Crippen molar-refractivity contribution in [2.45, 2.75) is 25.8 Å². The molecule has 7 heteroatoms. The van der Waals surface area contributed by atoms with Gasteiger partial charge >= 0.3 is 0 Å². The van der Waals surface area contributed by atoms with Crippen molar-refractivity contribution in [3.8, 4) is 0 Å². The Labute approximate surface area is 86.8 Å². The fraction of sp³-hybridized carbons (Fsp3) is 0.625. The quantitative estimate of drug-likeness (QED) is 0.690. The Balaban J connectivity index is 2.06. The maximum atomic E-state index is 5.50. The zero-order valence-corrected chi connectivity index (χ0v) is 8.42. The molecule has 80 valence electrons. The molecule has 0 aromatic carbocycles. The summed E-state index contributed by atoms with van der Waals surface area (Å²) in [5.41, 5.74) is 5.50. The molecule has 1 atom stereocenters. The Morgan fingerprint density at radius 1 is 1.40 bits per heavy atom. The summed E-state index contributed by atoms with van der Waals surface area (Å²) in [6, 6.07) is -0.394. The molecule has 7 nitrogen and oxygen atoms in total. The van der Waals surface area contributed by atoms with Crippen LogP contribution in [0.25, 0.3) is 0 Å². The lowest BCUT2D eigenvalue weighted by Crippen LogP contribution is -2.34. The van der Waals surface area contributed by atoms with Gasteiger partial charge in [0.25, 0.3) is 0 Å². The number of nitrogens with two attached hydrogens (primary N) is 1. The van der Waals surface area contributed by atoms with Crippen LogP contribution in [0.3, 0.4) is 0 Å². The zero-order chi connectivity index (χ0) is 10.7. The van der Waals surface area contributed by atoms with E-state index in [-0.39, 0.29) is 5.96 Å². The summed E-state index contributed by atoms with van der Waals surface area (Å²) in [5.74, 6) is 1.04. The van der Waals surface area contributed by atoms with Gasteiger partial charge in [-0.1, -0.05) is 13.3 Å². The third-order valence-corrected chi connectivity index (χ3v) is 1.99. The molecule has 2 rings (SSSR count). The van der Waals surface area contributed by atoms with Crippen LogP contribution in [0.1, 0.15) is 19.8 Å². The van der Waals surface area contributed by atoms with Crippen LogP contribution in [0.5, 0.6) is 0 Å². The Bertz CT molecular complexity index is 369. The van der Waals surface area contributed by atoms with Crippen LogP contribution in [0, 0.1) is 0 Å². The number of aliphatic imine (C=N–C) groups is 2. The van der Waals surface area contributed by atoms with E-state index in [1.54, 1.807) is 0 Å². The average molecular weight is 208 g/mol. The van der Waals surface area contributed by atoms with Crippen LogP contribution in [-0.2, 0) is 4.74 Å². The number of hydrogen-bond acceptors (Lipinski definition) is 7. The van der Waals surface area contributed by atoms with Gasteiger partial charge in [-0.15, -0.1) is 10.2 Å². The smallest absolute Gasteiger partial charge is 0.227 e. The minimum Gasteiger partial charge on any atom is -0.479 e. The molecule has 0 aromatic heterocycles. The summed E-state index contributed by atoms with van der Waals surface area (Å²) < 4.78 is 5.46. The van der Waals surface area contributed by atoms with Gasteiger partial charge in [-0.05, 0) is 11.6 Å². The van der Waals surface area contributed by atoms with E-state index in [0.29, 0.717) is 18.3 Å². The summed E-state index contributed by atoms with van der Waals surface area (Å²) >= 11 is 0. The second-order valence-electron chi connectivity index (χ2n) is 3.19. The molecule has 0 fully saturated rings. The summed E-state index contributed by atoms with van der Waals surface area (Å²) in [7, 11) is 0. The normalized spacial score (nSPS) is 23.0. The molecule has 0 spiro atoms. The number of unbranched alkanes of at least 4 members (excludes halogenated alkanes) is 1. The summed E-state index contributed by atoms with van der Waals surface area (Å²) in [6.45, 7) is 2.69. The molecule has 2 heterocycles. The highest BCUT2D eigenvalue weighted by Gasteiger charge is 2.31. The Morgan fingerprint density at radius 3 is 3.07 bits per heavy atom. The third-order valence-electron chi connectivity index (χ3n) is 1.99. The molecule has 0 saturated carbocycles. The number of hydrogen-bond donors (Lipinski definition) is 1. The first-order valence-corrected chi connectivity index (χ1v) is 4.84. The van der Waals surface area contributed by atoms with Gasteiger partial charge in [0.2, 0.25) is 17.9 Å². The van der Waals surface area contributed by atoms with E-state index in [1.807, 2.05) is 0 Å². The van der Waals surface area contributed by atoms with E-state index in [0.717, 1.165) is 12.8 Å². The molecule has 0 aromatic rings. The van der Waals surface area contributed by atoms with Gasteiger partial charge in [-0.25, -0.2) is 0 Å². The maximum Gasteiger partial charge on any atom is 0.227 e. The van der Waals surface area contributed by atoms with E-state index in [2.05, 4.69) is 32.3 Å². The number of nitrogens with zero attached hydrogens (tertiary/aromatic N) is 5. The lowest BCUT2D eigenvalue weighted by molar-refractivity contribution is 0.288. The summed E-state index contributed by atoms with van der Waals surface area (Å²) in [4.78, 5) is 7.90. The van der Waals surface area contributed by atoms with Gasteiger partial charge < -0.3 is 10.5 Å². The minimum absolute atomic E-state index is 0.142. The molecular weight excluding hydrogens is 196 g/mol. The molecule has 0 amide bonds. The van der Waals surface area contributed by atoms with Crippen molar-refractivity contribution in [1.82, 2.24) is 0 Å². The van der Waals surface area contributed by atoms with Gasteiger partial charge in [0.15, 0.2) is 5.84 Å². The van der Waals surface area contributed by atoms with Gasteiger partial charge in [0.05, 0.1) is 6.61 Å². The Hall–Kier alpha value is -1.79.